The van der Waals surface area contributed by atoms with Crippen molar-refractivity contribution in [1.82, 2.24) is 0 Å². The molecule has 1 heterocycles. The van der Waals surface area contributed by atoms with Crippen LogP contribution >= 0.6 is 54.2 Å². The van der Waals surface area contributed by atoms with Crippen LogP contribution < -0.4 is 0 Å². The Balaban J connectivity index is 2.85. The summed E-state index contributed by atoms with van der Waals surface area (Å²) in [4.78, 5) is 0. The zero-order valence-corrected chi connectivity index (χ0v) is 13.2. The van der Waals surface area contributed by atoms with Gasteiger partial charge in [-0.3, -0.25) is 4.18 Å². The standard InChI is InChI=1S/C5H13O6P3S2/c12-7-1-2(8-13)4(9-14)6-5(11-16)3(1)10-15/h1-5,15-16H,12-14H2/t1-,2-,3+,4+,5+/m0/s1. The first kappa shape index (κ1) is 15.8. The van der Waals surface area contributed by atoms with Crippen LogP contribution in [0.3, 0.4) is 0 Å². The normalized spacial score (nSPS) is 39.9. The van der Waals surface area contributed by atoms with Gasteiger partial charge in [-0.25, -0.2) is 0 Å². The molecule has 96 valence electrons. The number of hydrogen-bond acceptors (Lipinski definition) is 8. The van der Waals surface area contributed by atoms with Gasteiger partial charge in [-0.2, -0.15) is 0 Å². The van der Waals surface area contributed by atoms with E-state index in [1.807, 2.05) is 0 Å². The van der Waals surface area contributed by atoms with Crippen LogP contribution in [-0.2, 0) is 26.7 Å². The maximum atomic E-state index is 5.38. The topological polar surface area (TPSA) is 55.4 Å². The van der Waals surface area contributed by atoms with Gasteiger partial charge < -0.3 is 22.5 Å². The van der Waals surface area contributed by atoms with Crippen LogP contribution in [0.2, 0.25) is 0 Å². The molecule has 0 aromatic carbocycles. The molecule has 0 aromatic heterocycles. The molecule has 0 aliphatic carbocycles. The Bertz CT molecular complexity index is 197. The molecule has 0 bridgehead atoms. The first-order valence-corrected chi connectivity index (χ1v) is 6.20. The fourth-order valence-electron chi connectivity index (χ4n) is 1.38. The third-order valence-electron chi connectivity index (χ3n) is 2.13. The third kappa shape index (κ3) is 3.40. The van der Waals surface area contributed by atoms with Crippen molar-refractivity contribution >= 4 is 54.2 Å². The predicted octanol–water partition coefficient (Wildman–Crippen LogP) is 0.917. The largest absolute Gasteiger partial charge is 0.357 e. The van der Waals surface area contributed by atoms with Crippen LogP contribution in [0.4, 0.5) is 0 Å². The van der Waals surface area contributed by atoms with Gasteiger partial charge in [0.05, 0.1) is 0 Å². The molecule has 0 radical (unpaired) electrons. The maximum absolute atomic E-state index is 5.38. The first-order valence-electron chi connectivity index (χ1n) is 4.06. The third-order valence-corrected chi connectivity index (χ3v) is 3.47. The highest BCUT2D eigenvalue weighted by Gasteiger charge is 2.48. The molecule has 8 atom stereocenters. The van der Waals surface area contributed by atoms with Gasteiger partial charge in [0.25, 0.3) is 0 Å². The molecule has 1 aliphatic rings. The van der Waals surface area contributed by atoms with Crippen molar-refractivity contribution in [2.45, 2.75) is 30.9 Å². The highest BCUT2D eigenvalue weighted by atomic mass is 32.1. The molecular formula is C5H13O6P3S2. The van der Waals surface area contributed by atoms with Gasteiger partial charge in [-0.05, 0) is 25.8 Å². The monoisotopic (exact) mass is 326 g/mol. The zero-order chi connectivity index (χ0) is 12.1. The lowest BCUT2D eigenvalue weighted by molar-refractivity contribution is -0.289. The van der Waals surface area contributed by atoms with Crippen molar-refractivity contribution in [2.75, 3.05) is 0 Å². The summed E-state index contributed by atoms with van der Waals surface area (Å²) in [7, 11) is 6.32. The second-order valence-corrected chi connectivity index (χ2v) is 4.12. The highest BCUT2D eigenvalue weighted by Crippen LogP contribution is 2.32. The highest BCUT2D eigenvalue weighted by molar-refractivity contribution is 7.75. The summed E-state index contributed by atoms with van der Waals surface area (Å²) in [5.41, 5.74) is 0. The number of hydrogen-bond donors (Lipinski definition) is 2. The Morgan fingerprint density at radius 1 is 0.750 bits per heavy atom. The molecule has 3 unspecified atom stereocenters. The summed E-state index contributed by atoms with van der Waals surface area (Å²) in [5, 5.41) is 0. The van der Waals surface area contributed by atoms with E-state index in [9.17, 15) is 0 Å². The number of ether oxygens (including phenoxy) is 1. The minimum atomic E-state index is -0.784. The molecule has 16 heavy (non-hydrogen) atoms. The van der Waals surface area contributed by atoms with Crippen LogP contribution in [0.5, 0.6) is 0 Å². The minimum absolute atomic E-state index is 0.503. The Hall–Kier alpha value is 1.75. The zero-order valence-electron chi connectivity index (χ0n) is 7.96. The molecule has 1 fully saturated rings. The van der Waals surface area contributed by atoms with Gasteiger partial charge >= 0.3 is 0 Å². The van der Waals surface area contributed by atoms with E-state index >= 15 is 0 Å². The lowest BCUT2D eigenvalue weighted by atomic mass is 10.0. The van der Waals surface area contributed by atoms with Gasteiger partial charge in [0, 0.05) is 28.4 Å². The lowest BCUT2D eigenvalue weighted by Crippen LogP contribution is -2.58. The number of rotatable bonds is 5. The van der Waals surface area contributed by atoms with Crippen LogP contribution in [0.1, 0.15) is 0 Å². The predicted molar refractivity (Wildman–Crippen MR) is 72.6 cm³/mol. The van der Waals surface area contributed by atoms with E-state index in [4.69, 9.17) is 26.7 Å². The minimum Gasteiger partial charge on any atom is -0.357 e. The van der Waals surface area contributed by atoms with Crippen LogP contribution in [-0.4, -0.2) is 30.9 Å². The molecule has 1 saturated heterocycles. The van der Waals surface area contributed by atoms with E-state index < -0.39 is 30.9 Å². The maximum Gasteiger partial charge on any atom is 0.203 e. The quantitative estimate of drug-likeness (QED) is 0.445. The van der Waals surface area contributed by atoms with Gasteiger partial charge in [0.2, 0.25) is 6.29 Å². The van der Waals surface area contributed by atoms with E-state index in [2.05, 4.69) is 54.2 Å². The lowest BCUT2D eigenvalue weighted by Gasteiger charge is -2.42. The molecule has 0 amide bonds. The Kier molecular flexibility index (Phi) is 7.93. The van der Waals surface area contributed by atoms with E-state index in [1.165, 1.54) is 0 Å². The summed E-state index contributed by atoms with van der Waals surface area (Å²) in [6.07, 6.45) is -3.10. The molecular weight excluding hydrogens is 313 g/mol. The Morgan fingerprint density at radius 2 is 1.38 bits per heavy atom. The Morgan fingerprint density at radius 3 is 1.75 bits per heavy atom. The van der Waals surface area contributed by atoms with Gasteiger partial charge in [-0.1, -0.05) is 0 Å². The molecule has 1 rings (SSSR count). The molecule has 0 saturated carbocycles. The van der Waals surface area contributed by atoms with Crippen molar-refractivity contribution in [1.29, 1.82) is 0 Å². The van der Waals surface area contributed by atoms with Crippen LogP contribution in [0, 0.1) is 0 Å². The molecule has 0 aromatic rings. The van der Waals surface area contributed by atoms with Gasteiger partial charge in [0.15, 0.2) is 12.4 Å². The van der Waals surface area contributed by atoms with Crippen molar-refractivity contribution in [3.05, 3.63) is 0 Å². The van der Waals surface area contributed by atoms with Gasteiger partial charge in [0.1, 0.15) is 12.2 Å². The average molecular weight is 326 g/mol. The fraction of sp³-hybridized carbons (Fsp3) is 1.00. The van der Waals surface area contributed by atoms with E-state index in [0.29, 0.717) is 0 Å². The van der Waals surface area contributed by atoms with E-state index in [-0.39, 0.29) is 0 Å². The average Bonchev–Trinajstić information content (AvgIpc) is 2.35. The second kappa shape index (κ2) is 8.03. The first-order chi connectivity index (χ1) is 7.73. The van der Waals surface area contributed by atoms with E-state index in [1.54, 1.807) is 0 Å². The van der Waals surface area contributed by atoms with Crippen LogP contribution in [0.25, 0.3) is 0 Å². The van der Waals surface area contributed by atoms with Crippen molar-refractivity contribution in [2.24, 2.45) is 0 Å². The van der Waals surface area contributed by atoms with Crippen LogP contribution in [0.15, 0.2) is 0 Å². The molecule has 1 aliphatic heterocycles. The molecule has 11 heteroatoms. The van der Waals surface area contributed by atoms with E-state index in [0.717, 1.165) is 0 Å². The smallest absolute Gasteiger partial charge is 0.203 e. The van der Waals surface area contributed by atoms with Crippen molar-refractivity contribution in [3.8, 4) is 0 Å². The second-order valence-electron chi connectivity index (χ2n) is 2.89. The van der Waals surface area contributed by atoms with Gasteiger partial charge in [-0.15, -0.1) is 0 Å². The molecule has 0 N–H and O–H groups in total. The van der Waals surface area contributed by atoms with Crippen molar-refractivity contribution in [3.63, 3.8) is 0 Å². The SMILES string of the molecule is PO[C@H]1O[C@H](OS)[C@H](OS)[C@@H](OP)[C@@H]1OP. The summed E-state index contributed by atoms with van der Waals surface area (Å²) in [6, 6.07) is 0. The summed E-state index contributed by atoms with van der Waals surface area (Å²) < 4.78 is 30.5. The summed E-state index contributed by atoms with van der Waals surface area (Å²) >= 11 is 7.42. The molecule has 6 nitrogen and oxygen atoms in total. The Labute approximate surface area is 112 Å². The van der Waals surface area contributed by atoms with Crippen molar-refractivity contribution < 1.29 is 26.7 Å². The summed E-state index contributed by atoms with van der Waals surface area (Å²) in [5.74, 6) is 0. The fourth-order valence-corrected chi connectivity index (χ4v) is 2.59. The molecule has 0 spiro atoms. The number of thiol groups is 2. The summed E-state index contributed by atoms with van der Waals surface area (Å²) in [6.45, 7) is 0.